The summed E-state index contributed by atoms with van der Waals surface area (Å²) in [7, 11) is 3.21. The van der Waals surface area contributed by atoms with Crippen LogP contribution in [-0.2, 0) is 9.47 Å². The van der Waals surface area contributed by atoms with Crippen molar-refractivity contribution in [2.75, 3.05) is 26.1 Å². The lowest BCUT2D eigenvalue weighted by molar-refractivity contribution is -0.0914. The number of nitrogens with zero attached hydrogens (tertiary/aromatic N) is 2. The Balaban J connectivity index is 2.18. The van der Waals surface area contributed by atoms with Crippen LogP contribution in [0.15, 0.2) is 12.4 Å². The van der Waals surface area contributed by atoms with Gasteiger partial charge in [-0.3, -0.25) is 0 Å². The zero-order valence-electron chi connectivity index (χ0n) is 10.2. The van der Waals surface area contributed by atoms with Gasteiger partial charge in [-0.05, 0) is 13.0 Å². The lowest BCUT2D eigenvalue weighted by atomic mass is 10.3. The molecule has 2 aromatic heterocycles. The number of rotatable bonds is 5. The predicted molar refractivity (Wildman–Crippen MR) is 64.9 cm³/mol. The van der Waals surface area contributed by atoms with E-state index >= 15 is 0 Å². The van der Waals surface area contributed by atoms with Crippen LogP contribution in [0.2, 0.25) is 0 Å². The fourth-order valence-electron chi connectivity index (χ4n) is 1.66. The third kappa shape index (κ3) is 2.54. The molecular weight excluding hydrogens is 220 g/mol. The standard InChI is InChI=1S/C11H16N4O2/c1-7-4-8-10(12-5-9(16-2)17-3)13-6-14-11(8)15-7/h4,6,9H,5H2,1-3H3,(H2,12,13,14,15). The molecule has 0 aromatic carbocycles. The van der Waals surface area contributed by atoms with Crippen LogP contribution in [0.3, 0.4) is 0 Å². The van der Waals surface area contributed by atoms with Crippen LogP contribution in [0.4, 0.5) is 5.82 Å². The van der Waals surface area contributed by atoms with E-state index in [9.17, 15) is 0 Å². The molecule has 0 saturated carbocycles. The normalized spacial score (nSPS) is 11.3. The molecule has 2 aromatic rings. The van der Waals surface area contributed by atoms with Gasteiger partial charge in [0.2, 0.25) is 0 Å². The lowest BCUT2D eigenvalue weighted by Gasteiger charge is -2.14. The van der Waals surface area contributed by atoms with Crippen LogP contribution in [0.25, 0.3) is 11.0 Å². The fourth-order valence-corrected chi connectivity index (χ4v) is 1.66. The van der Waals surface area contributed by atoms with Gasteiger partial charge in [0.25, 0.3) is 0 Å². The SMILES string of the molecule is COC(CNc1ncnc2[nH]c(C)cc12)OC. The van der Waals surface area contributed by atoms with Gasteiger partial charge in [0.15, 0.2) is 6.29 Å². The molecule has 17 heavy (non-hydrogen) atoms. The highest BCUT2D eigenvalue weighted by Gasteiger charge is 2.09. The summed E-state index contributed by atoms with van der Waals surface area (Å²) in [6.45, 7) is 2.52. The van der Waals surface area contributed by atoms with E-state index in [2.05, 4.69) is 20.3 Å². The number of hydrogen-bond acceptors (Lipinski definition) is 5. The van der Waals surface area contributed by atoms with Crippen LogP contribution in [0.5, 0.6) is 0 Å². The highest BCUT2D eigenvalue weighted by molar-refractivity contribution is 5.87. The topological polar surface area (TPSA) is 72.1 Å². The molecule has 0 radical (unpaired) electrons. The Morgan fingerprint density at radius 3 is 2.82 bits per heavy atom. The first kappa shape index (κ1) is 11.8. The molecule has 92 valence electrons. The average molecular weight is 236 g/mol. The highest BCUT2D eigenvalue weighted by atomic mass is 16.7. The van der Waals surface area contributed by atoms with Crippen LogP contribution in [0, 0.1) is 6.92 Å². The predicted octanol–water partition coefficient (Wildman–Crippen LogP) is 1.30. The molecule has 0 bridgehead atoms. The van der Waals surface area contributed by atoms with Crippen molar-refractivity contribution in [3.63, 3.8) is 0 Å². The first-order chi connectivity index (χ1) is 8.24. The van der Waals surface area contributed by atoms with Gasteiger partial charge in [0, 0.05) is 19.9 Å². The van der Waals surface area contributed by atoms with Gasteiger partial charge >= 0.3 is 0 Å². The monoisotopic (exact) mass is 236 g/mol. The second-order valence-corrected chi connectivity index (χ2v) is 3.72. The Bertz CT molecular complexity index is 493. The summed E-state index contributed by atoms with van der Waals surface area (Å²) in [5.41, 5.74) is 1.88. The van der Waals surface area contributed by atoms with Crippen molar-refractivity contribution in [1.82, 2.24) is 15.0 Å². The van der Waals surface area contributed by atoms with Gasteiger partial charge in [0.05, 0.1) is 11.9 Å². The van der Waals surface area contributed by atoms with Crippen LogP contribution >= 0.6 is 0 Å². The number of aromatic nitrogens is 3. The average Bonchev–Trinajstić information content (AvgIpc) is 2.71. The van der Waals surface area contributed by atoms with Crippen molar-refractivity contribution >= 4 is 16.9 Å². The molecule has 6 nitrogen and oxygen atoms in total. The lowest BCUT2D eigenvalue weighted by Crippen LogP contribution is -2.24. The Morgan fingerprint density at radius 2 is 2.12 bits per heavy atom. The smallest absolute Gasteiger partial charge is 0.173 e. The second-order valence-electron chi connectivity index (χ2n) is 3.72. The molecule has 0 aliphatic rings. The van der Waals surface area contributed by atoms with Crippen molar-refractivity contribution in [3.8, 4) is 0 Å². The number of methoxy groups -OCH3 is 2. The third-order valence-corrected chi connectivity index (χ3v) is 2.52. The third-order valence-electron chi connectivity index (χ3n) is 2.52. The Hall–Kier alpha value is -1.66. The molecule has 0 amide bonds. The van der Waals surface area contributed by atoms with Gasteiger partial charge in [-0.2, -0.15) is 0 Å². The van der Waals surface area contributed by atoms with E-state index in [1.54, 1.807) is 14.2 Å². The maximum Gasteiger partial charge on any atom is 0.173 e. The molecule has 2 rings (SSSR count). The first-order valence-corrected chi connectivity index (χ1v) is 5.34. The zero-order chi connectivity index (χ0) is 12.3. The highest BCUT2D eigenvalue weighted by Crippen LogP contribution is 2.19. The quantitative estimate of drug-likeness (QED) is 0.765. The molecule has 0 fully saturated rings. The van der Waals surface area contributed by atoms with E-state index in [4.69, 9.17) is 9.47 Å². The Labute approximate surface area is 99.4 Å². The molecule has 0 atom stereocenters. The Kier molecular flexibility index (Phi) is 3.55. The van der Waals surface area contributed by atoms with Crippen molar-refractivity contribution in [2.24, 2.45) is 0 Å². The summed E-state index contributed by atoms with van der Waals surface area (Å²) in [5, 5.41) is 4.15. The van der Waals surface area contributed by atoms with Crippen LogP contribution < -0.4 is 5.32 Å². The number of nitrogens with one attached hydrogen (secondary N) is 2. The maximum absolute atomic E-state index is 5.10. The minimum absolute atomic E-state index is 0.292. The largest absolute Gasteiger partial charge is 0.364 e. The van der Waals surface area contributed by atoms with E-state index in [0.29, 0.717) is 6.54 Å². The minimum Gasteiger partial charge on any atom is -0.364 e. The molecule has 0 unspecified atom stereocenters. The molecule has 0 spiro atoms. The van der Waals surface area contributed by atoms with Gasteiger partial charge < -0.3 is 19.8 Å². The van der Waals surface area contributed by atoms with Crippen molar-refractivity contribution in [1.29, 1.82) is 0 Å². The van der Waals surface area contributed by atoms with Crippen LogP contribution in [-0.4, -0.2) is 42.0 Å². The maximum atomic E-state index is 5.10. The summed E-state index contributed by atoms with van der Waals surface area (Å²) in [6, 6.07) is 2.01. The number of H-pyrrole nitrogens is 1. The summed E-state index contributed by atoms with van der Waals surface area (Å²) in [5.74, 6) is 0.776. The minimum atomic E-state index is -0.292. The van der Waals surface area contributed by atoms with E-state index in [-0.39, 0.29) is 6.29 Å². The number of hydrogen-bond donors (Lipinski definition) is 2. The molecule has 0 saturated heterocycles. The van der Waals surface area contributed by atoms with E-state index in [0.717, 1.165) is 22.5 Å². The van der Waals surface area contributed by atoms with Crippen molar-refractivity contribution < 1.29 is 9.47 Å². The van der Waals surface area contributed by atoms with E-state index in [1.165, 1.54) is 6.33 Å². The summed E-state index contributed by atoms with van der Waals surface area (Å²) in [4.78, 5) is 11.5. The molecular formula is C11H16N4O2. The molecule has 2 heterocycles. The molecule has 2 N–H and O–H groups in total. The molecule has 6 heteroatoms. The first-order valence-electron chi connectivity index (χ1n) is 5.34. The summed E-state index contributed by atoms with van der Waals surface area (Å²) < 4.78 is 10.2. The van der Waals surface area contributed by atoms with Crippen molar-refractivity contribution in [3.05, 3.63) is 18.1 Å². The second kappa shape index (κ2) is 5.11. The van der Waals surface area contributed by atoms with Gasteiger partial charge in [-0.25, -0.2) is 9.97 Å². The van der Waals surface area contributed by atoms with Gasteiger partial charge in [0.1, 0.15) is 17.8 Å². The van der Waals surface area contributed by atoms with Gasteiger partial charge in [-0.15, -0.1) is 0 Å². The number of fused-ring (bicyclic) bond motifs is 1. The number of ether oxygens (including phenoxy) is 2. The van der Waals surface area contributed by atoms with E-state index < -0.39 is 0 Å². The summed E-state index contributed by atoms with van der Waals surface area (Å²) in [6.07, 6.45) is 1.23. The summed E-state index contributed by atoms with van der Waals surface area (Å²) >= 11 is 0. The Morgan fingerprint density at radius 1 is 1.35 bits per heavy atom. The zero-order valence-corrected chi connectivity index (χ0v) is 10.2. The fraction of sp³-hybridized carbons (Fsp3) is 0.455. The van der Waals surface area contributed by atoms with E-state index in [1.807, 2.05) is 13.0 Å². The van der Waals surface area contributed by atoms with Gasteiger partial charge in [-0.1, -0.05) is 0 Å². The number of aryl methyl sites for hydroxylation is 1. The number of aromatic amines is 1. The van der Waals surface area contributed by atoms with Crippen molar-refractivity contribution in [2.45, 2.75) is 13.2 Å². The number of anilines is 1. The molecule has 0 aliphatic carbocycles. The van der Waals surface area contributed by atoms with Crippen LogP contribution in [0.1, 0.15) is 5.69 Å². The molecule has 0 aliphatic heterocycles.